The molecule has 0 atom stereocenters. The molecule has 2 aromatic carbocycles. The molecular weight excluding hydrogens is 415 g/mol. The molecule has 8 heteroatoms. The number of benzene rings is 2. The number of nitrogens with zero attached hydrogens (tertiary/aromatic N) is 3. The average Bonchev–Trinajstić information content (AvgIpc) is 3.46. The van der Waals surface area contributed by atoms with E-state index in [9.17, 15) is 9.18 Å². The summed E-state index contributed by atoms with van der Waals surface area (Å²) in [6.45, 7) is 0.848. The molecule has 31 heavy (non-hydrogen) atoms. The van der Waals surface area contributed by atoms with E-state index in [0.717, 1.165) is 17.1 Å². The zero-order valence-electron chi connectivity index (χ0n) is 16.7. The number of halogens is 1. The van der Waals surface area contributed by atoms with Crippen molar-refractivity contribution in [1.82, 2.24) is 9.36 Å². The van der Waals surface area contributed by atoms with Gasteiger partial charge in [-0.05, 0) is 29.8 Å². The summed E-state index contributed by atoms with van der Waals surface area (Å²) in [6.07, 6.45) is 2.42. The number of hydrogen-bond acceptors (Lipinski definition) is 6. The molecule has 4 aromatic rings. The van der Waals surface area contributed by atoms with Crippen molar-refractivity contribution < 1.29 is 13.6 Å². The Morgan fingerprint density at radius 3 is 2.65 bits per heavy atom. The maximum absolute atomic E-state index is 13.8. The van der Waals surface area contributed by atoms with Gasteiger partial charge < -0.3 is 14.6 Å². The van der Waals surface area contributed by atoms with Gasteiger partial charge in [0.1, 0.15) is 17.4 Å². The highest BCUT2D eigenvalue weighted by atomic mass is 32.1. The van der Waals surface area contributed by atoms with E-state index < -0.39 is 5.82 Å². The van der Waals surface area contributed by atoms with Gasteiger partial charge in [-0.25, -0.2) is 9.37 Å². The Morgan fingerprint density at radius 1 is 1.06 bits per heavy atom. The molecule has 0 bridgehead atoms. The van der Waals surface area contributed by atoms with Gasteiger partial charge in [0.15, 0.2) is 0 Å². The second kappa shape index (κ2) is 9.99. The Bertz CT molecular complexity index is 1120. The number of furan rings is 1. The molecule has 0 aliphatic heterocycles. The van der Waals surface area contributed by atoms with E-state index in [4.69, 9.17) is 4.42 Å². The number of carbonyl (C=O) groups is 1. The lowest BCUT2D eigenvalue weighted by atomic mass is 10.1. The van der Waals surface area contributed by atoms with Gasteiger partial charge >= 0.3 is 0 Å². The summed E-state index contributed by atoms with van der Waals surface area (Å²) in [5.74, 6) is 0.752. The van der Waals surface area contributed by atoms with Crippen LogP contribution in [-0.2, 0) is 17.8 Å². The van der Waals surface area contributed by atoms with Crippen molar-refractivity contribution in [3.8, 4) is 0 Å². The van der Waals surface area contributed by atoms with Gasteiger partial charge in [0.2, 0.25) is 11.0 Å². The number of nitrogens with one attached hydrogen (secondary N) is 1. The third-order valence-electron chi connectivity index (χ3n) is 4.62. The largest absolute Gasteiger partial charge is 0.467 e. The number of carbonyl (C=O) groups excluding carboxylic acids is 1. The predicted octanol–water partition coefficient (Wildman–Crippen LogP) is 4.90. The first-order valence-corrected chi connectivity index (χ1v) is 10.6. The van der Waals surface area contributed by atoms with Crippen LogP contribution in [0.25, 0.3) is 0 Å². The molecule has 1 amide bonds. The van der Waals surface area contributed by atoms with Gasteiger partial charge in [-0.3, -0.25) is 4.79 Å². The zero-order valence-corrected chi connectivity index (χ0v) is 17.5. The summed E-state index contributed by atoms with van der Waals surface area (Å²) in [6, 6.07) is 19.8. The Labute approximate surface area is 183 Å². The summed E-state index contributed by atoms with van der Waals surface area (Å²) in [5, 5.41) is 3.33. The number of hydrogen-bond donors (Lipinski definition) is 1. The number of para-hydroxylation sites is 1. The van der Waals surface area contributed by atoms with Gasteiger partial charge in [-0.15, -0.1) is 0 Å². The van der Waals surface area contributed by atoms with Gasteiger partial charge in [-0.2, -0.15) is 4.37 Å². The maximum Gasteiger partial charge on any atom is 0.226 e. The molecule has 6 nitrogen and oxygen atoms in total. The molecule has 0 radical (unpaired) electrons. The maximum atomic E-state index is 13.8. The summed E-state index contributed by atoms with van der Waals surface area (Å²) in [4.78, 5) is 19.0. The van der Waals surface area contributed by atoms with Crippen molar-refractivity contribution in [2.75, 3.05) is 16.8 Å². The molecule has 4 rings (SSSR count). The summed E-state index contributed by atoms with van der Waals surface area (Å²) >= 11 is 1.29. The van der Waals surface area contributed by atoms with Crippen LogP contribution in [0, 0.1) is 5.82 Å². The van der Waals surface area contributed by atoms with E-state index in [2.05, 4.69) is 14.7 Å². The van der Waals surface area contributed by atoms with Crippen LogP contribution in [0.15, 0.2) is 77.4 Å². The Morgan fingerprint density at radius 2 is 1.87 bits per heavy atom. The zero-order chi connectivity index (χ0) is 21.5. The van der Waals surface area contributed by atoms with E-state index in [-0.39, 0.29) is 18.0 Å². The van der Waals surface area contributed by atoms with Crippen LogP contribution in [0.5, 0.6) is 0 Å². The second-order valence-electron chi connectivity index (χ2n) is 6.93. The number of rotatable bonds is 9. The SMILES string of the molecule is O=C(CCN(Cc1ccco1)c1nc(Cc2ccccc2)ns1)Nc1ccccc1F. The number of anilines is 2. The van der Waals surface area contributed by atoms with E-state index in [1.807, 2.05) is 47.4 Å². The minimum absolute atomic E-state index is 0.169. The Kier molecular flexibility index (Phi) is 6.68. The molecule has 0 unspecified atom stereocenters. The molecular formula is C23H21FN4O2S. The molecule has 158 valence electrons. The van der Waals surface area contributed by atoms with Gasteiger partial charge in [0.25, 0.3) is 0 Å². The molecule has 0 aliphatic rings. The minimum atomic E-state index is -0.460. The topological polar surface area (TPSA) is 71.3 Å². The average molecular weight is 437 g/mol. The lowest BCUT2D eigenvalue weighted by Crippen LogP contribution is -2.27. The molecule has 2 aromatic heterocycles. The third-order valence-corrected chi connectivity index (χ3v) is 5.43. The molecule has 0 saturated carbocycles. The van der Waals surface area contributed by atoms with Crippen molar-refractivity contribution in [1.29, 1.82) is 0 Å². The quantitative estimate of drug-likeness (QED) is 0.404. The van der Waals surface area contributed by atoms with E-state index in [1.165, 1.54) is 23.7 Å². The van der Waals surface area contributed by atoms with Crippen molar-refractivity contribution in [3.05, 3.63) is 96.0 Å². The first-order valence-electron chi connectivity index (χ1n) is 9.85. The van der Waals surface area contributed by atoms with Crippen molar-refractivity contribution in [3.63, 3.8) is 0 Å². The molecule has 2 heterocycles. The van der Waals surface area contributed by atoms with Crippen molar-refractivity contribution in [2.24, 2.45) is 0 Å². The van der Waals surface area contributed by atoms with Gasteiger partial charge in [0.05, 0.1) is 18.5 Å². The van der Waals surface area contributed by atoms with Crippen LogP contribution in [-0.4, -0.2) is 21.8 Å². The second-order valence-corrected chi connectivity index (χ2v) is 7.66. The highest BCUT2D eigenvalue weighted by Gasteiger charge is 2.17. The van der Waals surface area contributed by atoms with Gasteiger partial charge in [0, 0.05) is 30.9 Å². The predicted molar refractivity (Wildman–Crippen MR) is 119 cm³/mol. The monoisotopic (exact) mass is 436 g/mol. The van der Waals surface area contributed by atoms with E-state index in [0.29, 0.717) is 24.6 Å². The lowest BCUT2D eigenvalue weighted by molar-refractivity contribution is -0.116. The summed E-state index contributed by atoms with van der Waals surface area (Å²) < 4.78 is 23.7. The third kappa shape index (κ3) is 5.76. The van der Waals surface area contributed by atoms with Crippen LogP contribution >= 0.6 is 11.5 Å². The smallest absolute Gasteiger partial charge is 0.226 e. The fourth-order valence-electron chi connectivity index (χ4n) is 3.07. The first-order chi connectivity index (χ1) is 15.2. The van der Waals surface area contributed by atoms with Crippen LogP contribution in [0.4, 0.5) is 15.2 Å². The van der Waals surface area contributed by atoms with Crippen molar-refractivity contribution in [2.45, 2.75) is 19.4 Å². The van der Waals surface area contributed by atoms with Crippen molar-refractivity contribution >= 4 is 28.3 Å². The fraction of sp³-hybridized carbons (Fsp3) is 0.174. The molecule has 0 aliphatic carbocycles. The van der Waals surface area contributed by atoms with Gasteiger partial charge in [-0.1, -0.05) is 42.5 Å². The summed E-state index contributed by atoms with van der Waals surface area (Å²) in [7, 11) is 0. The fourth-order valence-corrected chi connectivity index (χ4v) is 3.78. The van der Waals surface area contributed by atoms with E-state index >= 15 is 0 Å². The minimum Gasteiger partial charge on any atom is -0.467 e. The molecule has 0 spiro atoms. The first kappa shape index (κ1) is 20.7. The number of amides is 1. The highest BCUT2D eigenvalue weighted by molar-refractivity contribution is 7.09. The normalized spacial score (nSPS) is 10.7. The Hall–Kier alpha value is -3.52. The van der Waals surface area contributed by atoms with Crippen LogP contribution in [0.1, 0.15) is 23.6 Å². The molecule has 1 N–H and O–H groups in total. The lowest BCUT2D eigenvalue weighted by Gasteiger charge is -2.20. The highest BCUT2D eigenvalue weighted by Crippen LogP contribution is 2.22. The standard InChI is InChI=1S/C23H21FN4O2S/c24-19-10-4-5-11-20(19)25-22(29)12-13-28(16-18-9-6-14-30-18)23-26-21(27-31-23)15-17-7-2-1-3-8-17/h1-11,14H,12-13,15-16H2,(H,25,29). The van der Waals surface area contributed by atoms with E-state index in [1.54, 1.807) is 18.4 Å². The van der Waals surface area contributed by atoms with Crippen LogP contribution in [0.3, 0.4) is 0 Å². The molecule has 0 fully saturated rings. The number of aromatic nitrogens is 2. The molecule has 0 saturated heterocycles. The van der Waals surface area contributed by atoms with Crippen LogP contribution < -0.4 is 10.2 Å². The summed E-state index contributed by atoms with van der Waals surface area (Å²) in [5.41, 5.74) is 1.31. The van der Waals surface area contributed by atoms with Crippen LogP contribution in [0.2, 0.25) is 0 Å². The Balaban J connectivity index is 1.43.